The van der Waals surface area contributed by atoms with Crippen LogP contribution in [0.4, 0.5) is 8.78 Å². The summed E-state index contributed by atoms with van der Waals surface area (Å²) >= 11 is 0. The third kappa shape index (κ3) is 6.21. The van der Waals surface area contributed by atoms with Crippen LogP contribution in [0.3, 0.4) is 0 Å². The van der Waals surface area contributed by atoms with Crippen molar-refractivity contribution < 1.29 is 18.4 Å². The molecule has 1 aromatic heterocycles. The highest BCUT2D eigenvalue weighted by molar-refractivity contribution is 5.89. The summed E-state index contributed by atoms with van der Waals surface area (Å²) in [4.78, 5) is 33.7. The van der Waals surface area contributed by atoms with Crippen molar-refractivity contribution in [1.82, 2.24) is 25.1 Å². The Hall–Kier alpha value is -3.73. The number of halogens is 2. The van der Waals surface area contributed by atoms with Gasteiger partial charge in [0.05, 0.1) is 24.5 Å². The number of nitrogens with one attached hydrogen (secondary N) is 1. The number of aromatic nitrogens is 1. The number of likely N-dealkylation sites (tertiary alicyclic amines) is 2. The van der Waals surface area contributed by atoms with Crippen LogP contribution in [-0.2, 0) is 9.59 Å². The van der Waals surface area contributed by atoms with Crippen molar-refractivity contribution in [3.05, 3.63) is 77.3 Å². The lowest BCUT2D eigenvalue weighted by atomic mass is 9.99. The first-order chi connectivity index (χ1) is 18.1. The summed E-state index contributed by atoms with van der Waals surface area (Å²) in [6, 6.07) is 10.5. The van der Waals surface area contributed by atoms with Crippen molar-refractivity contribution in [2.45, 2.75) is 50.9 Å². The second-order valence-corrected chi connectivity index (χ2v) is 10.1. The van der Waals surface area contributed by atoms with Crippen LogP contribution in [0.1, 0.15) is 55.5 Å². The highest BCUT2D eigenvalue weighted by Crippen LogP contribution is 2.27. The van der Waals surface area contributed by atoms with Gasteiger partial charge < -0.3 is 25.9 Å². The molecule has 1 aromatic carbocycles. The van der Waals surface area contributed by atoms with Gasteiger partial charge >= 0.3 is 0 Å². The van der Waals surface area contributed by atoms with Gasteiger partial charge in [0.1, 0.15) is 24.6 Å². The predicted molar refractivity (Wildman–Crippen MR) is 139 cm³/mol. The topological polar surface area (TPSA) is 121 Å². The van der Waals surface area contributed by atoms with Crippen molar-refractivity contribution in [1.29, 1.82) is 0 Å². The van der Waals surface area contributed by atoms with Crippen molar-refractivity contribution in [3.8, 4) is 0 Å². The number of rotatable bonds is 9. The fourth-order valence-electron chi connectivity index (χ4n) is 4.69. The molecule has 204 valence electrons. The van der Waals surface area contributed by atoms with Crippen LogP contribution in [-0.4, -0.2) is 70.0 Å². The van der Waals surface area contributed by atoms with Crippen molar-refractivity contribution in [2.75, 3.05) is 26.2 Å². The Balaban J connectivity index is 1.51. The lowest BCUT2D eigenvalue weighted by molar-refractivity contribution is -0.139. The first-order valence-corrected chi connectivity index (χ1v) is 12.8. The molecule has 2 saturated heterocycles. The largest absolute Gasteiger partial charge is 0.384 e. The third-order valence-electron chi connectivity index (χ3n) is 6.95. The van der Waals surface area contributed by atoms with Crippen LogP contribution in [0, 0.1) is 5.95 Å². The van der Waals surface area contributed by atoms with Crippen molar-refractivity contribution >= 4 is 11.8 Å². The monoisotopic (exact) mass is 527 g/mol. The molecule has 0 spiro atoms. The molecule has 9 nitrogen and oxygen atoms in total. The molecule has 2 aliphatic rings. The Morgan fingerprint density at radius 3 is 2.53 bits per heavy atom. The maximum atomic E-state index is 14.8. The fraction of sp³-hybridized carbons (Fsp3) is 0.444. The predicted octanol–water partition coefficient (Wildman–Crippen LogP) is 2.13. The van der Waals surface area contributed by atoms with Crippen LogP contribution < -0.4 is 16.9 Å². The number of hydrazine groups is 1. The van der Waals surface area contributed by atoms with E-state index in [1.165, 1.54) is 11.1 Å². The summed E-state index contributed by atoms with van der Waals surface area (Å²) in [6.07, 6.45) is 0.985. The average Bonchev–Trinajstić information content (AvgIpc) is 3.23. The molecule has 0 saturated carbocycles. The molecular formula is C27H35F2N7O2. The molecule has 4 rings (SSSR count). The van der Waals surface area contributed by atoms with Gasteiger partial charge in [-0.1, -0.05) is 50.2 Å². The van der Waals surface area contributed by atoms with E-state index in [2.05, 4.69) is 10.3 Å². The molecule has 2 fully saturated rings. The van der Waals surface area contributed by atoms with Gasteiger partial charge in [0, 0.05) is 25.1 Å². The normalized spacial score (nSPS) is 20.3. The van der Waals surface area contributed by atoms with E-state index in [-0.39, 0.29) is 25.4 Å². The summed E-state index contributed by atoms with van der Waals surface area (Å²) < 4.78 is 29.3. The summed E-state index contributed by atoms with van der Waals surface area (Å²) in [5, 5.41) is 4.02. The molecule has 3 atom stereocenters. The van der Waals surface area contributed by atoms with E-state index in [0.29, 0.717) is 22.6 Å². The molecule has 38 heavy (non-hydrogen) atoms. The lowest BCUT2D eigenvalue weighted by Gasteiger charge is -2.34. The first-order valence-electron chi connectivity index (χ1n) is 12.8. The van der Waals surface area contributed by atoms with E-state index in [4.69, 9.17) is 11.6 Å². The van der Waals surface area contributed by atoms with E-state index in [0.717, 1.165) is 24.5 Å². The number of hydrogen-bond donors (Lipinski definition) is 3. The Labute approximate surface area is 221 Å². The van der Waals surface area contributed by atoms with Gasteiger partial charge in [0.15, 0.2) is 0 Å². The van der Waals surface area contributed by atoms with Gasteiger partial charge in [-0.3, -0.25) is 9.59 Å². The van der Waals surface area contributed by atoms with Gasteiger partial charge in [-0.25, -0.2) is 15.2 Å². The summed E-state index contributed by atoms with van der Waals surface area (Å²) in [6.45, 7) is 4.89. The molecule has 0 bridgehead atoms. The number of nitrogens with zero attached hydrogens (tertiary/aromatic N) is 4. The zero-order valence-corrected chi connectivity index (χ0v) is 21.7. The zero-order valence-electron chi connectivity index (χ0n) is 21.7. The average molecular weight is 528 g/mol. The van der Waals surface area contributed by atoms with Crippen LogP contribution in [0.5, 0.6) is 0 Å². The molecule has 3 heterocycles. The number of nitrogens with two attached hydrogens (primary N) is 2. The number of carbonyl (C=O) groups excluding carboxylic acids is 2. The molecule has 2 aromatic rings. The summed E-state index contributed by atoms with van der Waals surface area (Å²) in [5.41, 5.74) is 7.44. The van der Waals surface area contributed by atoms with Gasteiger partial charge in [-0.2, -0.15) is 4.39 Å². The van der Waals surface area contributed by atoms with E-state index >= 15 is 0 Å². The SMILES string of the molecule is CC(C)c1ccc([C@@H](NC(=O)[C@@H]2C[C@@H](F)CN2C(=O)CN(N)/C=C(\N)N2CCC2)c2ccccc2)nc1F. The standard InChI is InChI=1S/C27H35F2N7O2/c1-17(2)20-9-10-21(32-26(20)29)25(18-7-4-3-5-8-18)33-27(38)22-13-19(28)14-36(22)24(37)16-35(31)15-23(30)34-11-6-12-34/h3-5,7-10,15,17,19,22,25H,6,11-14,16,30-31H2,1-2H3,(H,33,38)/b23-15+/t19-,22+,25+/m1/s1. The molecule has 0 unspecified atom stereocenters. The number of alkyl halides is 1. The minimum atomic E-state index is -1.36. The zero-order chi connectivity index (χ0) is 27.4. The summed E-state index contributed by atoms with van der Waals surface area (Å²) in [5.74, 6) is 4.69. The van der Waals surface area contributed by atoms with E-state index in [9.17, 15) is 18.4 Å². The first kappa shape index (κ1) is 27.3. The molecule has 11 heteroatoms. The molecular weight excluding hydrogens is 492 g/mol. The third-order valence-corrected chi connectivity index (χ3v) is 6.95. The Morgan fingerprint density at radius 2 is 1.92 bits per heavy atom. The second-order valence-electron chi connectivity index (χ2n) is 10.1. The number of pyridine rings is 1. The van der Waals surface area contributed by atoms with E-state index in [1.54, 1.807) is 36.4 Å². The smallest absolute Gasteiger partial charge is 0.244 e. The second kappa shape index (κ2) is 11.8. The molecule has 2 aliphatic heterocycles. The van der Waals surface area contributed by atoms with E-state index < -0.39 is 36.0 Å². The summed E-state index contributed by atoms with van der Waals surface area (Å²) in [7, 11) is 0. The Morgan fingerprint density at radius 1 is 1.21 bits per heavy atom. The molecule has 2 amide bonds. The molecule has 0 aliphatic carbocycles. The van der Waals surface area contributed by atoms with Crippen molar-refractivity contribution in [3.63, 3.8) is 0 Å². The van der Waals surface area contributed by atoms with Crippen LogP contribution in [0.2, 0.25) is 0 Å². The maximum Gasteiger partial charge on any atom is 0.244 e. The number of benzene rings is 1. The quantitative estimate of drug-likeness (QED) is 0.260. The van der Waals surface area contributed by atoms with E-state index in [1.807, 2.05) is 24.8 Å². The minimum absolute atomic E-state index is 0.0564. The highest BCUT2D eigenvalue weighted by atomic mass is 19.1. The van der Waals surface area contributed by atoms with Gasteiger partial charge in [0.25, 0.3) is 0 Å². The minimum Gasteiger partial charge on any atom is -0.384 e. The molecule has 0 radical (unpaired) electrons. The number of hydrogen-bond acceptors (Lipinski definition) is 7. The maximum absolute atomic E-state index is 14.8. The van der Waals surface area contributed by atoms with Crippen LogP contribution in [0.25, 0.3) is 0 Å². The van der Waals surface area contributed by atoms with Crippen LogP contribution in [0.15, 0.2) is 54.5 Å². The Kier molecular flexibility index (Phi) is 8.45. The van der Waals surface area contributed by atoms with Gasteiger partial charge in [-0.05, 0) is 24.0 Å². The fourth-order valence-corrected chi connectivity index (χ4v) is 4.69. The van der Waals surface area contributed by atoms with Crippen LogP contribution >= 0.6 is 0 Å². The van der Waals surface area contributed by atoms with Gasteiger partial charge in [-0.15, -0.1) is 0 Å². The number of carbonyl (C=O) groups is 2. The number of amides is 2. The Bertz CT molecular complexity index is 1170. The highest BCUT2D eigenvalue weighted by Gasteiger charge is 2.41. The van der Waals surface area contributed by atoms with Gasteiger partial charge in [0.2, 0.25) is 17.8 Å². The molecule has 5 N–H and O–H groups in total. The lowest BCUT2D eigenvalue weighted by Crippen LogP contribution is -2.50. The van der Waals surface area contributed by atoms with Crippen molar-refractivity contribution in [2.24, 2.45) is 11.6 Å².